The first-order valence-electron chi connectivity index (χ1n) is 19.3. The molecule has 0 spiro atoms. The summed E-state index contributed by atoms with van der Waals surface area (Å²) in [5, 5.41) is 0. The van der Waals surface area contributed by atoms with Gasteiger partial charge >= 0.3 is 19.8 Å². The number of likely N-dealkylation sites (N-methyl/N-ethyl adjacent to an activating group) is 1. The molecule has 0 aliphatic heterocycles. The molecule has 0 radical (unpaired) electrons. The van der Waals surface area contributed by atoms with Gasteiger partial charge in [0.05, 0.1) is 27.7 Å². The van der Waals surface area contributed by atoms with E-state index in [1.807, 2.05) is 21.1 Å². The molecular formula is C37H75NO8P+. The van der Waals surface area contributed by atoms with E-state index < -0.39 is 26.5 Å². The molecule has 0 rings (SSSR count). The van der Waals surface area contributed by atoms with Crippen molar-refractivity contribution in [3.63, 3.8) is 0 Å². The Bertz CT molecular complexity index is 789. The van der Waals surface area contributed by atoms with E-state index in [2.05, 4.69) is 13.8 Å². The first-order valence-corrected chi connectivity index (χ1v) is 20.8. The smallest absolute Gasteiger partial charge is 0.462 e. The molecule has 0 aromatic rings. The summed E-state index contributed by atoms with van der Waals surface area (Å²) < 4.78 is 34.1. The Morgan fingerprint density at radius 2 is 0.957 bits per heavy atom. The fraction of sp³-hybridized carbons (Fsp3) is 0.946. The first-order chi connectivity index (χ1) is 22.5. The largest absolute Gasteiger partial charge is 0.472 e. The van der Waals surface area contributed by atoms with E-state index >= 15 is 0 Å². The number of phosphoric acid groups is 1. The maximum absolute atomic E-state index is 12.5. The van der Waals surface area contributed by atoms with Crippen LogP contribution in [0.25, 0.3) is 0 Å². The zero-order valence-corrected chi connectivity index (χ0v) is 32.2. The Morgan fingerprint density at radius 1 is 0.574 bits per heavy atom. The lowest BCUT2D eigenvalue weighted by atomic mass is 10.0. The second kappa shape index (κ2) is 31.0. The van der Waals surface area contributed by atoms with Gasteiger partial charge in [0.15, 0.2) is 6.10 Å². The Balaban J connectivity index is 4.33. The van der Waals surface area contributed by atoms with Crippen molar-refractivity contribution in [3.05, 3.63) is 0 Å². The van der Waals surface area contributed by atoms with Crippen LogP contribution in [0.2, 0.25) is 0 Å². The van der Waals surface area contributed by atoms with Gasteiger partial charge in [0, 0.05) is 12.8 Å². The Hall–Kier alpha value is -0.990. The van der Waals surface area contributed by atoms with Gasteiger partial charge in [0.2, 0.25) is 0 Å². The topological polar surface area (TPSA) is 108 Å². The summed E-state index contributed by atoms with van der Waals surface area (Å²) in [6.07, 6.45) is 27.3. The van der Waals surface area contributed by atoms with E-state index in [4.69, 9.17) is 18.5 Å². The Labute approximate surface area is 289 Å². The minimum absolute atomic E-state index is 0.0361. The zero-order chi connectivity index (χ0) is 35.1. The van der Waals surface area contributed by atoms with E-state index in [0.29, 0.717) is 23.9 Å². The van der Waals surface area contributed by atoms with Crippen LogP contribution in [-0.4, -0.2) is 74.9 Å². The molecular weight excluding hydrogens is 617 g/mol. The number of nitrogens with zero attached hydrogens (tertiary/aromatic N) is 1. The van der Waals surface area contributed by atoms with Crippen molar-refractivity contribution < 1.29 is 42.1 Å². The predicted molar refractivity (Wildman–Crippen MR) is 192 cm³/mol. The maximum Gasteiger partial charge on any atom is 0.472 e. The van der Waals surface area contributed by atoms with Crippen LogP contribution in [0.1, 0.15) is 174 Å². The average molecular weight is 693 g/mol. The van der Waals surface area contributed by atoms with Crippen LogP contribution in [0.4, 0.5) is 0 Å². The number of hydrogen-bond donors (Lipinski definition) is 1. The van der Waals surface area contributed by atoms with Crippen molar-refractivity contribution in [2.75, 3.05) is 47.5 Å². The number of quaternary nitrogens is 1. The molecule has 1 unspecified atom stereocenters. The van der Waals surface area contributed by atoms with Crippen molar-refractivity contribution in [1.82, 2.24) is 0 Å². The number of phosphoric ester groups is 1. The molecule has 1 N–H and O–H groups in total. The van der Waals surface area contributed by atoms with E-state index in [1.54, 1.807) is 0 Å². The summed E-state index contributed by atoms with van der Waals surface area (Å²) in [5.41, 5.74) is 0. The highest BCUT2D eigenvalue weighted by Gasteiger charge is 2.27. The van der Waals surface area contributed by atoms with Crippen LogP contribution in [0.5, 0.6) is 0 Å². The molecule has 0 aromatic heterocycles. The molecule has 10 heteroatoms. The fourth-order valence-corrected chi connectivity index (χ4v) is 6.05. The fourth-order valence-electron chi connectivity index (χ4n) is 5.31. The number of esters is 2. The summed E-state index contributed by atoms with van der Waals surface area (Å²) in [6, 6.07) is 0. The van der Waals surface area contributed by atoms with E-state index in [9.17, 15) is 19.0 Å². The van der Waals surface area contributed by atoms with Crippen LogP contribution in [0.3, 0.4) is 0 Å². The molecule has 0 bridgehead atoms. The van der Waals surface area contributed by atoms with Gasteiger partial charge in [-0.25, -0.2) is 4.57 Å². The summed E-state index contributed by atoms with van der Waals surface area (Å²) in [4.78, 5) is 35.0. The molecule has 2 atom stereocenters. The van der Waals surface area contributed by atoms with Gasteiger partial charge in [-0.3, -0.25) is 18.6 Å². The molecule has 0 aromatic carbocycles. The zero-order valence-electron chi connectivity index (χ0n) is 31.3. The third-order valence-corrected chi connectivity index (χ3v) is 9.37. The molecule has 0 amide bonds. The molecule has 280 valence electrons. The van der Waals surface area contributed by atoms with Crippen LogP contribution in [-0.2, 0) is 32.7 Å². The highest BCUT2D eigenvalue weighted by molar-refractivity contribution is 7.47. The quantitative estimate of drug-likeness (QED) is 0.0303. The molecule has 0 saturated heterocycles. The number of rotatable bonds is 35. The van der Waals surface area contributed by atoms with Gasteiger partial charge in [-0.05, 0) is 12.8 Å². The monoisotopic (exact) mass is 693 g/mol. The molecule has 47 heavy (non-hydrogen) atoms. The highest BCUT2D eigenvalue weighted by Crippen LogP contribution is 2.43. The minimum atomic E-state index is -4.35. The standard InChI is InChI=1S/C37H74NO8P/c1-6-8-10-12-14-16-17-18-19-20-21-22-24-25-27-29-36(39)43-33-35(34-45-47(41,42)44-32-31-38(3,4)5)46-37(40)30-28-26-23-15-13-11-9-7-2/h35H,6-34H2,1-5H3/p+1/t35-/m1/s1. The van der Waals surface area contributed by atoms with Gasteiger partial charge in [0.25, 0.3) is 0 Å². The Kier molecular flexibility index (Phi) is 30.4. The summed E-state index contributed by atoms with van der Waals surface area (Å²) in [5.74, 6) is -0.794. The molecule has 0 aliphatic carbocycles. The highest BCUT2D eigenvalue weighted by atomic mass is 31.2. The van der Waals surface area contributed by atoms with Gasteiger partial charge in [-0.15, -0.1) is 0 Å². The predicted octanol–water partition coefficient (Wildman–Crippen LogP) is 10.1. The van der Waals surface area contributed by atoms with Crippen molar-refractivity contribution in [2.24, 2.45) is 0 Å². The van der Waals surface area contributed by atoms with Gasteiger partial charge < -0.3 is 18.9 Å². The van der Waals surface area contributed by atoms with E-state index in [0.717, 1.165) is 32.1 Å². The third-order valence-electron chi connectivity index (χ3n) is 8.39. The van der Waals surface area contributed by atoms with Crippen molar-refractivity contribution in [2.45, 2.75) is 180 Å². The second-order valence-electron chi connectivity index (χ2n) is 14.3. The van der Waals surface area contributed by atoms with Gasteiger partial charge in [0.1, 0.15) is 19.8 Å². The lowest BCUT2D eigenvalue weighted by Gasteiger charge is -2.24. The molecule has 9 nitrogen and oxygen atoms in total. The lowest BCUT2D eigenvalue weighted by molar-refractivity contribution is -0.870. The molecule has 0 aliphatic rings. The van der Waals surface area contributed by atoms with Crippen LogP contribution in [0.15, 0.2) is 0 Å². The van der Waals surface area contributed by atoms with Gasteiger partial charge in [-0.2, -0.15) is 0 Å². The molecule has 0 fully saturated rings. The second-order valence-corrected chi connectivity index (χ2v) is 15.8. The molecule has 0 saturated carbocycles. The average Bonchev–Trinajstić information content (AvgIpc) is 3.01. The summed E-state index contributed by atoms with van der Waals surface area (Å²) in [6.45, 7) is 4.39. The van der Waals surface area contributed by atoms with E-state index in [-0.39, 0.29) is 25.6 Å². The van der Waals surface area contributed by atoms with Crippen LogP contribution in [0, 0.1) is 0 Å². The number of ether oxygens (including phenoxy) is 2. The SMILES string of the molecule is CCCCCCCCCCCCCCCCCC(=O)OC[C@H](COP(=O)(O)OCC[N+](C)(C)C)OC(=O)CCCCCCCCCC. The van der Waals surface area contributed by atoms with Crippen LogP contribution < -0.4 is 0 Å². The minimum Gasteiger partial charge on any atom is -0.462 e. The Morgan fingerprint density at radius 3 is 1.36 bits per heavy atom. The van der Waals surface area contributed by atoms with Crippen molar-refractivity contribution in [3.8, 4) is 0 Å². The molecule has 0 heterocycles. The van der Waals surface area contributed by atoms with Crippen LogP contribution >= 0.6 is 7.82 Å². The summed E-state index contributed by atoms with van der Waals surface area (Å²) in [7, 11) is 1.49. The normalized spacial score (nSPS) is 13.7. The van der Waals surface area contributed by atoms with Crippen molar-refractivity contribution in [1.29, 1.82) is 0 Å². The number of hydrogen-bond acceptors (Lipinski definition) is 7. The number of carbonyl (C=O) groups excluding carboxylic acids is 2. The number of carbonyl (C=O) groups is 2. The van der Waals surface area contributed by atoms with Gasteiger partial charge in [-0.1, -0.05) is 149 Å². The van der Waals surface area contributed by atoms with E-state index in [1.165, 1.54) is 109 Å². The third kappa shape index (κ3) is 34.7. The maximum atomic E-state index is 12.5. The summed E-state index contributed by atoms with van der Waals surface area (Å²) >= 11 is 0. The first kappa shape index (κ1) is 46.0. The van der Waals surface area contributed by atoms with Crippen molar-refractivity contribution >= 4 is 19.8 Å². The lowest BCUT2D eigenvalue weighted by Crippen LogP contribution is -2.37. The number of unbranched alkanes of at least 4 members (excludes halogenated alkanes) is 21.